The standard InChI is InChI=1S/C28H28F6N2O5/c29-27(30,31)20-14-18(15-21(16-20)28(32,33)34)10-11-36(26(38)39)23-8-6-19-13-17(4-7-22(19)23)5-9-24(37)35-41-25-3-1-2-12-40-25/h4-5,7,9,13-16,23,25H,1-3,6,8,10-12H2,(H,35,37)(H,38,39). The van der Waals surface area contributed by atoms with Crippen LogP contribution in [0.3, 0.4) is 0 Å². The van der Waals surface area contributed by atoms with Crippen LogP contribution in [0.1, 0.15) is 65.1 Å². The Morgan fingerprint density at radius 1 is 1.02 bits per heavy atom. The molecule has 2 aromatic rings. The van der Waals surface area contributed by atoms with Crippen molar-refractivity contribution < 1.29 is 50.6 Å². The largest absolute Gasteiger partial charge is 0.465 e. The molecule has 2 aliphatic rings. The van der Waals surface area contributed by atoms with E-state index in [4.69, 9.17) is 9.57 Å². The summed E-state index contributed by atoms with van der Waals surface area (Å²) in [4.78, 5) is 30.4. The van der Waals surface area contributed by atoms with Crippen molar-refractivity contribution in [2.24, 2.45) is 0 Å². The summed E-state index contributed by atoms with van der Waals surface area (Å²) in [5.41, 5.74) is 1.35. The van der Waals surface area contributed by atoms with Gasteiger partial charge in [0, 0.05) is 25.6 Å². The molecule has 0 radical (unpaired) electrons. The van der Waals surface area contributed by atoms with Gasteiger partial charge in [0.25, 0.3) is 5.91 Å². The Labute approximate surface area is 231 Å². The molecule has 222 valence electrons. The van der Waals surface area contributed by atoms with Crippen LogP contribution < -0.4 is 5.48 Å². The van der Waals surface area contributed by atoms with Crippen LogP contribution in [0.25, 0.3) is 6.08 Å². The Morgan fingerprint density at radius 2 is 1.73 bits per heavy atom. The van der Waals surface area contributed by atoms with Gasteiger partial charge in [-0.3, -0.25) is 4.79 Å². The number of ether oxygens (including phenoxy) is 1. The number of aryl methyl sites for hydroxylation is 1. The van der Waals surface area contributed by atoms with Gasteiger partial charge in [-0.15, -0.1) is 0 Å². The highest BCUT2D eigenvalue weighted by atomic mass is 19.4. The Hall–Kier alpha value is -3.58. The van der Waals surface area contributed by atoms with E-state index in [9.17, 15) is 41.0 Å². The number of alkyl halides is 6. The number of hydrogen-bond donors (Lipinski definition) is 2. The molecule has 1 fully saturated rings. The molecule has 2 amide bonds. The zero-order chi connectivity index (χ0) is 29.8. The predicted octanol–water partition coefficient (Wildman–Crippen LogP) is 6.52. The number of carbonyl (C=O) groups is 2. The minimum atomic E-state index is -4.99. The first-order valence-corrected chi connectivity index (χ1v) is 13.0. The maximum absolute atomic E-state index is 13.2. The molecule has 1 saturated heterocycles. The topological polar surface area (TPSA) is 88.1 Å². The highest BCUT2D eigenvalue weighted by Gasteiger charge is 2.37. The van der Waals surface area contributed by atoms with E-state index in [1.807, 2.05) is 0 Å². The van der Waals surface area contributed by atoms with Gasteiger partial charge in [0.15, 0.2) is 6.29 Å². The van der Waals surface area contributed by atoms with Crippen LogP contribution in [0.4, 0.5) is 31.1 Å². The normalized spacial score (nSPS) is 19.3. The molecule has 0 saturated carbocycles. The van der Waals surface area contributed by atoms with Crippen molar-refractivity contribution in [1.82, 2.24) is 10.4 Å². The summed E-state index contributed by atoms with van der Waals surface area (Å²) in [5, 5.41) is 9.84. The summed E-state index contributed by atoms with van der Waals surface area (Å²) in [6.07, 6.45) is -5.85. The lowest BCUT2D eigenvalue weighted by Crippen LogP contribution is -2.34. The van der Waals surface area contributed by atoms with E-state index in [-0.39, 0.29) is 24.6 Å². The summed E-state index contributed by atoms with van der Waals surface area (Å²) in [6, 6.07) is 5.83. The van der Waals surface area contributed by atoms with Crippen molar-refractivity contribution in [3.05, 3.63) is 75.9 Å². The van der Waals surface area contributed by atoms with Gasteiger partial charge < -0.3 is 14.7 Å². The minimum Gasteiger partial charge on any atom is -0.465 e. The van der Waals surface area contributed by atoms with E-state index in [0.29, 0.717) is 49.1 Å². The number of nitrogens with one attached hydrogen (secondary N) is 1. The molecule has 7 nitrogen and oxygen atoms in total. The first-order chi connectivity index (χ1) is 19.3. The van der Waals surface area contributed by atoms with E-state index >= 15 is 0 Å². The molecule has 2 unspecified atom stereocenters. The third-order valence-corrected chi connectivity index (χ3v) is 6.98. The van der Waals surface area contributed by atoms with Gasteiger partial charge in [-0.05, 0) is 78.6 Å². The Balaban J connectivity index is 1.43. The summed E-state index contributed by atoms with van der Waals surface area (Å²) in [5.74, 6) is -0.488. The molecular weight excluding hydrogens is 558 g/mol. The number of benzene rings is 2. The van der Waals surface area contributed by atoms with E-state index in [1.165, 1.54) is 6.08 Å². The average molecular weight is 587 g/mol. The summed E-state index contributed by atoms with van der Waals surface area (Å²) in [7, 11) is 0. The van der Waals surface area contributed by atoms with Crippen LogP contribution >= 0.6 is 0 Å². The van der Waals surface area contributed by atoms with Gasteiger partial charge >= 0.3 is 18.4 Å². The number of halogens is 6. The van der Waals surface area contributed by atoms with Gasteiger partial charge in [-0.1, -0.05) is 18.2 Å². The molecule has 1 aliphatic heterocycles. The Kier molecular flexibility index (Phi) is 9.27. The molecule has 4 rings (SSSR count). The first kappa shape index (κ1) is 30.4. The van der Waals surface area contributed by atoms with Crippen molar-refractivity contribution in [1.29, 1.82) is 0 Å². The number of rotatable bonds is 8. The molecule has 41 heavy (non-hydrogen) atoms. The number of amides is 2. The van der Waals surface area contributed by atoms with Crippen LogP contribution in [0.2, 0.25) is 0 Å². The third-order valence-electron chi connectivity index (χ3n) is 6.98. The number of carbonyl (C=O) groups excluding carboxylic acids is 1. The molecule has 13 heteroatoms. The summed E-state index contributed by atoms with van der Waals surface area (Å²) in [6.45, 7) is 0.265. The Bertz CT molecular complexity index is 1260. The average Bonchev–Trinajstić information content (AvgIpc) is 3.33. The third kappa shape index (κ3) is 8.00. The molecule has 0 bridgehead atoms. The number of carboxylic acid groups (broad SMARTS) is 1. The SMILES string of the molecule is O=C(C=Cc1ccc2c(c1)CCC2N(CCc1cc(C(F)(F)F)cc(C(F)(F)F)c1)C(=O)O)NOC1CCCCO1. The molecule has 2 N–H and O–H groups in total. The predicted molar refractivity (Wildman–Crippen MR) is 134 cm³/mol. The lowest BCUT2D eigenvalue weighted by molar-refractivity contribution is -0.198. The monoisotopic (exact) mass is 586 g/mol. The quantitative estimate of drug-likeness (QED) is 0.209. The van der Waals surface area contributed by atoms with E-state index in [1.54, 1.807) is 24.3 Å². The molecular formula is C28H28F6N2O5. The smallest absolute Gasteiger partial charge is 0.416 e. The molecule has 2 atom stereocenters. The lowest BCUT2D eigenvalue weighted by Gasteiger charge is -2.27. The van der Waals surface area contributed by atoms with E-state index in [0.717, 1.165) is 23.3 Å². The molecule has 1 aliphatic carbocycles. The molecule has 0 spiro atoms. The van der Waals surface area contributed by atoms with Crippen molar-refractivity contribution in [3.63, 3.8) is 0 Å². The fourth-order valence-electron chi connectivity index (χ4n) is 4.97. The molecule has 1 heterocycles. The summed E-state index contributed by atoms with van der Waals surface area (Å²) < 4.78 is 84.6. The second-order valence-corrected chi connectivity index (χ2v) is 9.87. The van der Waals surface area contributed by atoms with E-state index in [2.05, 4.69) is 5.48 Å². The fourth-order valence-corrected chi connectivity index (χ4v) is 4.97. The zero-order valence-corrected chi connectivity index (χ0v) is 21.7. The van der Waals surface area contributed by atoms with Gasteiger partial charge in [0.2, 0.25) is 0 Å². The van der Waals surface area contributed by atoms with Crippen molar-refractivity contribution >= 4 is 18.1 Å². The lowest BCUT2D eigenvalue weighted by atomic mass is 10.0. The highest BCUT2D eigenvalue weighted by Crippen LogP contribution is 2.38. The van der Waals surface area contributed by atoms with Crippen LogP contribution in [0, 0.1) is 0 Å². The highest BCUT2D eigenvalue weighted by molar-refractivity contribution is 5.91. The molecule has 2 aromatic carbocycles. The van der Waals surface area contributed by atoms with Gasteiger partial charge in [-0.2, -0.15) is 26.3 Å². The first-order valence-electron chi connectivity index (χ1n) is 13.0. The van der Waals surface area contributed by atoms with Gasteiger partial charge in [0.05, 0.1) is 17.2 Å². The second kappa shape index (κ2) is 12.5. The van der Waals surface area contributed by atoms with Gasteiger partial charge in [0.1, 0.15) is 0 Å². The minimum absolute atomic E-state index is 0.0412. The van der Waals surface area contributed by atoms with Crippen LogP contribution in [0.15, 0.2) is 42.5 Å². The summed E-state index contributed by atoms with van der Waals surface area (Å²) >= 11 is 0. The number of fused-ring (bicyclic) bond motifs is 1. The maximum Gasteiger partial charge on any atom is 0.416 e. The van der Waals surface area contributed by atoms with Crippen molar-refractivity contribution in [2.45, 2.75) is 63.2 Å². The van der Waals surface area contributed by atoms with E-state index < -0.39 is 47.8 Å². The second-order valence-electron chi connectivity index (χ2n) is 9.87. The van der Waals surface area contributed by atoms with Crippen LogP contribution in [0.5, 0.6) is 0 Å². The van der Waals surface area contributed by atoms with Crippen molar-refractivity contribution in [2.75, 3.05) is 13.2 Å². The Morgan fingerprint density at radius 3 is 2.34 bits per heavy atom. The fraction of sp³-hybridized carbons (Fsp3) is 0.429. The molecule has 0 aromatic heterocycles. The van der Waals surface area contributed by atoms with Crippen LogP contribution in [-0.2, 0) is 39.6 Å². The zero-order valence-electron chi connectivity index (χ0n) is 21.7. The van der Waals surface area contributed by atoms with Crippen LogP contribution in [-0.4, -0.2) is 41.4 Å². The number of hydroxylamine groups is 1. The van der Waals surface area contributed by atoms with Gasteiger partial charge in [-0.25, -0.2) is 15.1 Å². The maximum atomic E-state index is 13.2. The van der Waals surface area contributed by atoms with Crippen molar-refractivity contribution in [3.8, 4) is 0 Å². The number of hydrogen-bond acceptors (Lipinski definition) is 4. The number of nitrogens with zero attached hydrogens (tertiary/aromatic N) is 1.